The number of benzene rings is 2. The van der Waals surface area contributed by atoms with E-state index in [1.54, 1.807) is 24.3 Å². The van der Waals surface area contributed by atoms with Crippen LogP contribution in [0, 0.1) is 12.3 Å². The van der Waals surface area contributed by atoms with Crippen LogP contribution in [0.4, 0.5) is 0 Å². The SMILES string of the molecule is C#C[C@@H](COc1ccc(C(=O)OC)cc1)OC(=O)[C@H](CC)c1ccccc1. The third kappa shape index (κ3) is 5.61. The number of methoxy groups -OCH3 is 1. The zero-order valence-corrected chi connectivity index (χ0v) is 15.4. The van der Waals surface area contributed by atoms with Gasteiger partial charge in [0.2, 0.25) is 0 Å². The van der Waals surface area contributed by atoms with Gasteiger partial charge in [0.25, 0.3) is 0 Å². The molecule has 2 atom stereocenters. The molecule has 2 aromatic carbocycles. The first-order chi connectivity index (χ1) is 13.1. The highest BCUT2D eigenvalue weighted by atomic mass is 16.6. The van der Waals surface area contributed by atoms with Gasteiger partial charge in [-0.1, -0.05) is 43.2 Å². The summed E-state index contributed by atoms with van der Waals surface area (Å²) in [5.41, 5.74) is 1.30. The highest BCUT2D eigenvalue weighted by Gasteiger charge is 2.23. The van der Waals surface area contributed by atoms with Crippen LogP contribution in [0.25, 0.3) is 0 Å². The van der Waals surface area contributed by atoms with Crippen LogP contribution in [-0.2, 0) is 14.3 Å². The largest absolute Gasteiger partial charge is 0.489 e. The molecule has 0 N–H and O–H groups in total. The highest BCUT2D eigenvalue weighted by molar-refractivity contribution is 5.89. The zero-order valence-electron chi connectivity index (χ0n) is 15.4. The molecular weight excluding hydrogens is 344 g/mol. The maximum absolute atomic E-state index is 12.5. The Bertz CT molecular complexity index is 790. The van der Waals surface area contributed by atoms with Gasteiger partial charge in [-0.3, -0.25) is 4.79 Å². The Morgan fingerprint density at radius 1 is 1.07 bits per heavy atom. The van der Waals surface area contributed by atoms with Crippen molar-refractivity contribution in [2.45, 2.75) is 25.4 Å². The quantitative estimate of drug-likeness (QED) is 0.528. The topological polar surface area (TPSA) is 61.8 Å². The molecule has 0 saturated heterocycles. The summed E-state index contributed by atoms with van der Waals surface area (Å²) in [6.45, 7) is 1.94. The minimum absolute atomic E-state index is 0.0189. The summed E-state index contributed by atoms with van der Waals surface area (Å²) in [6.07, 6.45) is 5.28. The van der Waals surface area contributed by atoms with Gasteiger partial charge in [-0.05, 0) is 36.2 Å². The average molecular weight is 366 g/mol. The van der Waals surface area contributed by atoms with Gasteiger partial charge in [-0.25, -0.2) is 4.79 Å². The second kappa shape index (κ2) is 10.0. The molecule has 27 heavy (non-hydrogen) atoms. The van der Waals surface area contributed by atoms with Crippen molar-refractivity contribution in [3.05, 3.63) is 65.7 Å². The fourth-order valence-electron chi connectivity index (χ4n) is 2.54. The molecule has 0 amide bonds. The molecule has 0 fully saturated rings. The second-order valence-corrected chi connectivity index (χ2v) is 5.79. The van der Waals surface area contributed by atoms with Crippen LogP contribution in [-0.4, -0.2) is 31.8 Å². The molecule has 0 spiro atoms. The molecule has 2 rings (SSSR count). The summed E-state index contributed by atoms with van der Waals surface area (Å²) in [6, 6.07) is 15.8. The monoisotopic (exact) mass is 366 g/mol. The summed E-state index contributed by atoms with van der Waals surface area (Å²) in [5, 5.41) is 0. The first-order valence-electron chi connectivity index (χ1n) is 8.61. The van der Waals surface area contributed by atoms with Gasteiger partial charge in [-0.15, -0.1) is 6.42 Å². The predicted molar refractivity (Wildman–Crippen MR) is 101 cm³/mol. The van der Waals surface area contributed by atoms with Crippen LogP contribution in [0.2, 0.25) is 0 Å². The van der Waals surface area contributed by atoms with Crippen molar-refractivity contribution in [2.24, 2.45) is 0 Å². The van der Waals surface area contributed by atoms with Gasteiger partial charge in [0, 0.05) is 0 Å². The van der Waals surface area contributed by atoms with E-state index in [1.807, 2.05) is 37.3 Å². The molecule has 0 aromatic heterocycles. The minimum Gasteiger partial charge on any atom is -0.489 e. The molecule has 0 bridgehead atoms. The normalized spacial score (nSPS) is 12.3. The van der Waals surface area contributed by atoms with E-state index in [9.17, 15) is 9.59 Å². The molecule has 2 aromatic rings. The van der Waals surface area contributed by atoms with Crippen LogP contribution in [0.1, 0.15) is 35.2 Å². The number of hydrogen-bond acceptors (Lipinski definition) is 5. The molecule has 0 aliphatic heterocycles. The Balaban J connectivity index is 1.94. The number of esters is 2. The molecule has 0 radical (unpaired) electrons. The lowest BCUT2D eigenvalue weighted by Crippen LogP contribution is -2.26. The van der Waals surface area contributed by atoms with E-state index >= 15 is 0 Å². The van der Waals surface area contributed by atoms with Gasteiger partial charge >= 0.3 is 11.9 Å². The Labute approximate surface area is 159 Å². The molecule has 0 heterocycles. The van der Waals surface area contributed by atoms with Crippen molar-refractivity contribution in [2.75, 3.05) is 13.7 Å². The van der Waals surface area contributed by atoms with Crippen molar-refractivity contribution in [3.63, 3.8) is 0 Å². The van der Waals surface area contributed by atoms with Crippen LogP contribution >= 0.6 is 0 Å². The average Bonchev–Trinajstić information content (AvgIpc) is 2.72. The van der Waals surface area contributed by atoms with Crippen LogP contribution in [0.15, 0.2) is 54.6 Å². The second-order valence-electron chi connectivity index (χ2n) is 5.79. The molecule has 5 nitrogen and oxygen atoms in total. The Kier molecular flexibility index (Phi) is 7.45. The molecule has 5 heteroatoms. The van der Waals surface area contributed by atoms with Gasteiger partial charge in [0.05, 0.1) is 18.6 Å². The Morgan fingerprint density at radius 3 is 2.30 bits per heavy atom. The highest BCUT2D eigenvalue weighted by Crippen LogP contribution is 2.21. The van der Waals surface area contributed by atoms with E-state index in [0.717, 1.165) is 5.56 Å². The fraction of sp³-hybridized carbons (Fsp3) is 0.273. The van der Waals surface area contributed by atoms with Crippen LogP contribution < -0.4 is 4.74 Å². The molecule has 0 aliphatic rings. The van der Waals surface area contributed by atoms with Crippen molar-refractivity contribution in [1.82, 2.24) is 0 Å². The first-order valence-corrected chi connectivity index (χ1v) is 8.61. The maximum Gasteiger partial charge on any atom is 0.337 e. The third-order valence-electron chi connectivity index (χ3n) is 4.02. The molecule has 0 saturated carbocycles. The van der Waals surface area contributed by atoms with E-state index in [4.69, 9.17) is 15.9 Å². The lowest BCUT2D eigenvalue weighted by molar-refractivity contribution is -0.149. The van der Waals surface area contributed by atoms with Crippen LogP contribution in [0.3, 0.4) is 0 Å². The lowest BCUT2D eigenvalue weighted by Gasteiger charge is -2.18. The van der Waals surface area contributed by atoms with E-state index < -0.39 is 12.1 Å². The van der Waals surface area contributed by atoms with E-state index in [-0.39, 0.29) is 18.5 Å². The van der Waals surface area contributed by atoms with Gasteiger partial charge in [0.1, 0.15) is 12.4 Å². The Hall–Kier alpha value is -3.26. The predicted octanol–water partition coefficient (Wildman–Crippen LogP) is 3.59. The standard InChI is InChI=1S/C22H22O5/c1-4-18(15-26-19-13-11-17(12-14-19)21(23)25-3)27-22(24)20(5-2)16-9-7-6-8-10-16/h1,6-14,18,20H,5,15H2,2-3H3/t18-,20+/m0/s1. The number of carbonyl (C=O) groups excluding carboxylic acids is 2. The molecular formula is C22H22O5. The smallest absolute Gasteiger partial charge is 0.337 e. The van der Waals surface area contributed by atoms with Crippen molar-refractivity contribution >= 4 is 11.9 Å². The number of hydrogen-bond donors (Lipinski definition) is 0. The molecule has 140 valence electrons. The summed E-state index contributed by atoms with van der Waals surface area (Å²) >= 11 is 0. The number of ether oxygens (including phenoxy) is 3. The summed E-state index contributed by atoms with van der Waals surface area (Å²) in [7, 11) is 1.32. The lowest BCUT2D eigenvalue weighted by atomic mass is 9.97. The van der Waals surface area contributed by atoms with E-state index in [2.05, 4.69) is 10.7 Å². The van der Waals surface area contributed by atoms with E-state index in [0.29, 0.717) is 17.7 Å². The van der Waals surface area contributed by atoms with E-state index in [1.165, 1.54) is 7.11 Å². The number of rotatable bonds is 8. The first kappa shape index (κ1) is 20.1. The molecule has 0 unspecified atom stereocenters. The maximum atomic E-state index is 12.5. The minimum atomic E-state index is -0.810. The fourth-order valence-corrected chi connectivity index (χ4v) is 2.54. The van der Waals surface area contributed by atoms with Crippen molar-refractivity contribution in [3.8, 4) is 18.1 Å². The molecule has 0 aliphatic carbocycles. The summed E-state index contributed by atoms with van der Waals surface area (Å²) in [5.74, 6) is 1.76. The number of terminal acetylenes is 1. The number of carbonyl (C=O) groups is 2. The van der Waals surface area contributed by atoms with Gasteiger partial charge < -0.3 is 14.2 Å². The van der Waals surface area contributed by atoms with Gasteiger partial charge in [-0.2, -0.15) is 0 Å². The summed E-state index contributed by atoms with van der Waals surface area (Å²) < 4.78 is 15.7. The summed E-state index contributed by atoms with van der Waals surface area (Å²) in [4.78, 5) is 23.9. The van der Waals surface area contributed by atoms with Crippen molar-refractivity contribution in [1.29, 1.82) is 0 Å². The van der Waals surface area contributed by atoms with Gasteiger partial charge in [0.15, 0.2) is 6.10 Å². The zero-order chi connectivity index (χ0) is 19.6. The Morgan fingerprint density at radius 2 is 1.74 bits per heavy atom. The third-order valence-corrected chi connectivity index (χ3v) is 4.02. The van der Waals surface area contributed by atoms with Crippen molar-refractivity contribution < 1.29 is 23.8 Å². The van der Waals surface area contributed by atoms with Crippen LogP contribution in [0.5, 0.6) is 5.75 Å².